The Balaban J connectivity index is 1.80. The number of alkyl halides is 2. The van der Waals surface area contributed by atoms with Gasteiger partial charge in [-0.05, 0) is 56.7 Å². The topological polar surface area (TPSA) is 59.0 Å². The molecular formula is C19H25F2NO4. The first kappa shape index (κ1) is 18.9. The van der Waals surface area contributed by atoms with Crippen LogP contribution in [0.2, 0.25) is 0 Å². The highest BCUT2D eigenvalue weighted by molar-refractivity contribution is 5.51. The molecule has 1 aliphatic carbocycles. The second-order valence-electron chi connectivity index (χ2n) is 7.74. The van der Waals surface area contributed by atoms with E-state index in [1.54, 1.807) is 30.9 Å². The van der Waals surface area contributed by atoms with Gasteiger partial charge in [0.15, 0.2) is 11.5 Å². The molecule has 5 nitrogen and oxygen atoms in total. The summed E-state index contributed by atoms with van der Waals surface area (Å²) in [6.45, 7) is 1.40. The summed E-state index contributed by atoms with van der Waals surface area (Å²) in [7, 11) is 0. The number of ether oxygens (including phenoxy) is 2. The molecule has 0 spiro atoms. The van der Waals surface area contributed by atoms with Gasteiger partial charge in [-0.3, -0.25) is 4.79 Å². The fourth-order valence-electron chi connectivity index (χ4n) is 3.49. The van der Waals surface area contributed by atoms with Gasteiger partial charge in [-0.2, -0.15) is 8.78 Å². The van der Waals surface area contributed by atoms with Crippen molar-refractivity contribution in [2.24, 2.45) is 5.92 Å². The quantitative estimate of drug-likeness (QED) is 0.715. The van der Waals surface area contributed by atoms with E-state index in [-0.39, 0.29) is 17.7 Å². The monoisotopic (exact) mass is 369 g/mol. The van der Waals surface area contributed by atoms with Gasteiger partial charge < -0.3 is 19.5 Å². The summed E-state index contributed by atoms with van der Waals surface area (Å²) >= 11 is 0. The fraction of sp³-hybridized carbons (Fsp3) is 0.632. The van der Waals surface area contributed by atoms with Gasteiger partial charge in [0, 0.05) is 12.5 Å². The highest BCUT2D eigenvalue weighted by Crippen LogP contribution is 2.40. The molecule has 1 aromatic rings. The molecule has 3 rings (SSSR count). The van der Waals surface area contributed by atoms with E-state index in [1.165, 1.54) is 6.07 Å². The van der Waals surface area contributed by atoms with Crippen LogP contribution in [-0.2, 0) is 4.79 Å². The maximum atomic E-state index is 12.6. The predicted octanol–water partition coefficient (Wildman–Crippen LogP) is 3.16. The Morgan fingerprint density at radius 2 is 2.08 bits per heavy atom. The Kier molecular flexibility index (Phi) is 5.37. The fourth-order valence-corrected chi connectivity index (χ4v) is 3.49. The minimum absolute atomic E-state index is 0.000463. The Hall–Kier alpha value is -1.89. The number of nitrogens with zero attached hydrogens (tertiary/aromatic N) is 1. The Labute approximate surface area is 151 Å². The van der Waals surface area contributed by atoms with Crippen LogP contribution in [0.15, 0.2) is 18.2 Å². The lowest BCUT2D eigenvalue weighted by Crippen LogP contribution is -2.44. The van der Waals surface area contributed by atoms with Crippen LogP contribution in [0, 0.1) is 5.92 Å². The van der Waals surface area contributed by atoms with Crippen molar-refractivity contribution in [1.29, 1.82) is 0 Å². The van der Waals surface area contributed by atoms with Gasteiger partial charge in [-0.15, -0.1) is 0 Å². The first-order valence-electron chi connectivity index (χ1n) is 8.93. The van der Waals surface area contributed by atoms with E-state index < -0.39 is 12.2 Å². The lowest BCUT2D eigenvalue weighted by atomic mass is 9.90. The summed E-state index contributed by atoms with van der Waals surface area (Å²) in [5.74, 6) is 0.808. The molecule has 1 unspecified atom stereocenters. The maximum Gasteiger partial charge on any atom is 0.387 e. The average Bonchev–Trinajstić information content (AvgIpc) is 3.28. The van der Waals surface area contributed by atoms with Crippen LogP contribution in [0.4, 0.5) is 8.78 Å². The van der Waals surface area contributed by atoms with E-state index in [4.69, 9.17) is 4.74 Å². The number of likely N-dealkylation sites (tertiary alicyclic amines) is 1. The standard InChI is InChI=1S/C19H25F2NO4/c1-19(2,24)17-8-14(9-22(17)11-23)13-5-6-15(26-18(20)21)16(7-13)25-10-12-3-4-12/h5-7,11-12,14,17-18,24H,3-4,8-10H2,1-2H3/t14?,17-/m0/s1. The number of aliphatic hydroxyl groups is 1. The third-order valence-electron chi connectivity index (χ3n) is 5.12. The van der Waals surface area contributed by atoms with Crippen LogP contribution in [0.1, 0.15) is 44.6 Å². The van der Waals surface area contributed by atoms with E-state index in [2.05, 4.69) is 4.74 Å². The van der Waals surface area contributed by atoms with Gasteiger partial charge in [-0.25, -0.2) is 0 Å². The number of rotatable bonds is 8. The molecule has 2 fully saturated rings. The zero-order valence-corrected chi connectivity index (χ0v) is 15.0. The smallest absolute Gasteiger partial charge is 0.387 e. The highest BCUT2D eigenvalue weighted by atomic mass is 19.3. The third-order valence-corrected chi connectivity index (χ3v) is 5.12. The van der Waals surface area contributed by atoms with E-state index >= 15 is 0 Å². The van der Waals surface area contributed by atoms with E-state index in [1.807, 2.05) is 0 Å². The van der Waals surface area contributed by atoms with Crippen molar-refractivity contribution in [1.82, 2.24) is 4.90 Å². The molecule has 0 aromatic heterocycles. The first-order valence-corrected chi connectivity index (χ1v) is 8.93. The summed E-state index contributed by atoms with van der Waals surface area (Å²) in [6, 6.07) is 4.65. The number of benzene rings is 1. The zero-order chi connectivity index (χ0) is 18.9. The largest absolute Gasteiger partial charge is 0.489 e. The van der Waals surface area contributed by atoms with Crippen molar-refractivity contribution in [3.8, 4) is 11.5 Å². The Morgan fingerprint density at radius 3 is 2.62 bits per heavy atom. The zero-order valence-electron chi connectivity index (χ0n) is 15.0. The summed E-state index contributed by atoms with van der Waals surface area (Å²) in [5.41, 5.74) is -0.129. The molecule has 0 radical (unpaired) electrons. The number of halogens is 2. The van der Waals surface area contributed by atoms with E-state index in [0.717, 1.165) is 24.8 Å². The maximum absolute atomic E-state index is 12.6. The van der Waals surface area contributed by atoms with Gasteiger partial charge >= 0.3 is 6.61 Å². The SMILES string of the molecule is CC(C)(O)[C@@H]1CC(c2ccc(OC(F)F)c(OCC3CC3)c2)CN1C=O. The first-order chi connectivity index (χ1) is 12.3. The van der Waals surface area contributed by atoms with Crippen molar-refractivity contribution < 1.29 is 28.2 Å². The summed E-state index contributed by atoms with van der Waals surface area (Å²) in [5, 5.41) is 10.3. The highest BCUT2D eigenvalue weighted by Gasteiger charge is 2.40. The minimum atomic E-state index is -2.92. The van der Waals surface area contributed by atoms with Crippen LogP contribution in [0.25, 0.3) is 0 Å². The minimum Gasteiger partial charge on any atom is -0.489 e. The molecule has 26 heavy (non-hydrogen) atoms. The van der Waals surface area contributed by atoms with Crippen molar-refractivity contribution in [2.75, 3.05) is 13.2 Å². The molecule has 1 aromatic carbocycles. The van der Waals surface area contributed by atoms with Gasteiger partial charge in [0.05, 0.1) is 18.2 Å². The van der Waals surface area contributed by atoms with E-state index in [0.29, 0.717) is 31.2 Å². The third kappa shape index (κ3) is 4.44. The second kappa shape index (κ2) is 7.39. The number of amides is 1. The van der Waals surface area contributed by atoms with Gasteiger partial charge in [0.2, 0.25) is 6.41 Å². The number of carbonyl (C=O) groups excluding carboxylic acids is 1. The van der Waals surface area contributed by atoms with Gasteiger partial charge in [-0.1, -0.05) is 6.07 Å². The molecule has 144 valence electrons. The molecule has 2 aliphatic rings. The van der Waals surface area contributed by atoms with Crippen LogP contribution < -0.4 is 9.47 Å². The summed E-state index contributed by atoms with van der Waals surface area (Å²) < 4.78 is 35.6. The average molecular weight is 369 g/mol. The molecular weight excluding hydrogens is 344 g/mol. The van der Waals surface area contributed by atoms with E-state index in [9.17, 15) is 18.7 Å². The van der Waals surface area contributed by atoms with Crippen LogP contribution >= 0.6 is 0 Å². The number of hydrogen-bond acceptors (Lipinski definition) is 4. The number of hydrogen-bond donors (Lipinski definition) is 1. The Bertz CT molecular complexity index is 643. The van der Waals surface area contributed by atoms with Crippen LogP contribution in [0.3, 0.4) is 0 Å². The van der Waals surface area contributed by atoms with Gasteiger partial charge in [0.1, 0.15) is 0 Å². The molecule has 7 heteroatoms. The molecule has 1 amide bonds. The lowest BCUT2D eigenvalue weighted by molar-refractivity contribution is -0.123. The lowest BCUT2D eigenvalue weighted by Gasteiger charge is -2.31. The Morgan fingerprint density at radius 1 is 1.35 bits per heavy atom. The normalized spacial score (nSPS) is 23.4. The molecule has 1 saturated heterocycles. The summed E-state index contributed by atoms with van der Waals surface area (Å²) in [4.78, 5) is 13.0. The molecule has 1 saturated carbocycles. The summed E-state index contributed by atoms with van der Waals surface area (Å²) in [6.07, 6.45) is 3.53. The van der Waals surface area contributed by atoms with Crippen molar-refractivity contribution >= 4 is 6.41 Å². The van der Waals surface area contributed by atoms with Crippen molar-refractivity contribution in [3.63, 3.8) is 0 Å². The van der Waals surface area contributed by atoms with Crippen molar-refractivity contribution in [2.45, 2.75) is 57.3 Å². The second-order valence-corrected chi connectivity index (χ2v) is 7.74. The molecule has 1 heterocycles. The number of carbonyl (C=O) groups is 1. The molecule has 2 atom stereocenters. The molecule has 0 bridgehead atoms. The van der Waals surface area contributed by atoms with Crippen LogP contribution in [0.5, 0.6) is 11.5 Å². The van der Waals surface area contributed by atoms with Gasteiger partial charge in [0.25, 0.3) is 0 Å². The predicted molar refractivity (Wildman–Crippen MR) is 91.5 cm³/mol. The molecule has 1 aliphatic heterocycles. The van der Waals surface area contributed by atoms with Crippen molar-refractivity contribution in [3.05, 3.63) is 23.8 Å². The van der Waals surface area contributed by atoms with Crippen LogP contribution in [-0.4, -0.2) is 47.8 Å². The molecule has 1 N–H and O–H groups in total.